The molecule has 2 radical (unpaired) electrons. The Hall–Kier alpha value is -0.435. The van der Waals surface area contributed by atoms with Crippen LogP contribution in [0.15, 0.2) is 12.4 Å². The fourth-order valence-electron chi connectivity index (χ4n) is 0.755. The van der Waals surface area contributed by atoms with Crippen LogP contribution in [0.25, 0.3) is 0 Å². The van der Waals surface area contributed by atoms with E-state index in [0.717, 1.165) is 5.72 Å². The van der Waals surface area contributed by atoms with Crippen LogP contribution in [0.3, 0.4) is 0 Å². The Labute approximate surface area is 60.2 Å². The van der Waals surface area contributed by atoms with Gasteiger partial charge in [-0.15, -0.1) is 0 Å². The first-order valence-corrected chi connectivity index (χ1v) is 3.13. The first-order valence-electron chi connectivity index (χ1n) is 2.70. The van der Waals surface area contributed by atoms with Crippen LogP contribution >= 0.6 is 11.5 Å². The largest absolute Gasteiger partial charge is 0.458 e. The van der Waals surface area contributed by atoms with E-state index in [2.05, 4.69) is 0 Å². The van der Waals surface area contributed by atoms with Crippen LogP contribution < -0.4 is 10.3 Å². The molecule has 1 rings (SSSR count). The van der Waals surface area contributed by atoms with E-state index in [9.17, 15) is 0 Å². The van der Waals surface area contributed by atoms with Gasteiger partial charge in [-0.2, -0.15) is 0 Å². The minimum atomic E-state index is 0.997. The minimum absolute atomic E-state index is 0.997. The number of hydrogen-bond acceptors (Lipinski definition) is 0. The highest BCUT2D eigenvalue weighted by atomic mass is 35.5. The normalized spacial score (nSPS) is 10.1. The van der Waals surface area contributed by atoms with Gasteiger partial charge in [0.25, 0.3) is 0 Å². The average Bonchev–Trinajstić information content (AvgIpc) is 2.12. The lowest BCUT2D eigenvalue weighted by Gasteiger charge is -2.02. The molecule has 0 aromatic carbocycles. The van der Waals surface area contributed by atoms with E-state index in [4.69, 9.17) is 11.5 Å². The Morgan fingerprint density at radius 1 is 1.78 bits per heavy atom. The maximum absolute atomic E-state index is 5.51. The van der Waals surface area contributed by atoms with Gasteiger partial charge in [0.1, 0.15) is 12.4 Å². The molecule has 0 bridgehead atoms. The zero-order valence-corrected chi connectivity index (χ0v) is 6.26. The van der Waals surface area contributed by atoms with Crippen molar-refractivity contribution in [1.29, 1.82) is 0 Å². The molecule has 1 aromatic rings. The lowest BCUT2D eigenvalue weighted by Crippen LogP contribution is -2.48. The Morgan fingerprint density at radius 2 is 2.44 bits per heavy atom. The topological polar surface area (TPSA) is 8.81 Å². The van der Waals surface area contributed by atoms with Crippen molar-refractivity contribution in [2.75, 3.05) is 0 Å². The third kappa shape index (κ3) is 1.10. The van der Waals surface area contributed by atoms with Gasteiger partial charge in [0.05, 0.1) is 14.1 Å². The van der Waals surface area contributed by atoms with Crippen molar-refractivity contribution in [2.45, 2.75) is 0 Å². The van der Waals surface area contributed by atoms with Gasteiger partial charge in [0.2, 0.25) is 0 Å². The zero-order valence-electron chi connectivity index (χ0n) is 5.50. The molecule has 0 fully saturated rings. The Bertz CT molecular complexity index is 189. The molecule has 0 unspecified atom stereocenters. The summed E-state index contributed by atoms with van der Waals surface area (Å²) in [6, 6.07) is 0. The van der Waals surface area contributed by atoms with E-state index in [0.29, 0.717) is 0 Å². The Morgan fingerprint density at radius 3 is 2.67 bits per heavy atom. The molecule has 0 aliphatic rings. The first-order chi connectivity index (χ1) is 4.25. The van der Waals surface area contributed by atoms with Gasteiger partial charge in [-0.1, -0.05) is 6.69 Å². The molecule has 48 valence electrons. The van der Waals surface area contributed by atoms with Crippen LogP contribution in [0.1, 0.15) is 0 Å². The van der Waals surface area contributed by atoms with Gasteiger partial charge < -0.3 is 11.5 Å². The molecule has 0 amide bonds. The summed E-state index contributed by atoms with van der Waals surface area (Å²) in [6.45, 7) is 1.56. The summed E-state index contributed by atoms with van der Waals surface area (Å²) >= 11 is 5.51. The highest BCUT2D eigenvalue weighted by molar-refractivity contribution is 7.00. The summed E-state index contributed by atoms with van der Waals surface area (Å²) < 4.78 is 3.90. The predicted molar refractivity (Wildman–Crippen MR) is 37.8 cm³/mol. The van der Waals surface area contributed by atoms with Crippen molar-refractivity contribution >= 4 is 23.9 Å². The molecule has 0 saturated carbocycles. The van der Waals surface area contributed by atoms with Crippen LogP contribution in [0.2, 0.25) is 0 Å². The van der Waals surface area contributed by atoms with Crippen molar-refractivity contribution in [2.24, 2.45) is 14.1 Å². The molecule has 1 aromatic heterocycles. The first kappa shape index (κ1) is 6.68. The monoisotopic (exact) mass is 142 g/mol. The van der Waals surface area contributed by atoms with Crippen LogP contribution in [-0.2, 0) is 14.1 Å². The van der Waals surface area contributed by atoms with Gasteiger partial charge >= 0.3 is 0 Å². The molecule has 4 heteroatoms. The summed E-state index contributed by atoms with van der Waals surface area (Å²) in [5, 5.41) is 0. The van der Waals surface area contributed by atoms with Gasteiger partial charge in [-0.3, -0.25) is 9.13 Å². The summed E-state index contributed by atoms with van der Waals surface area (Å²) in [7, 11) is 3.91. The molecule has 0 aliphatic carbocycles. The smallest absolute Gasteiger partial charge is 0.125 e. The number of imidazole rings is 1. The molecular weight excluding hydrogens is 134 g/mol. The molecule has 0 spiro atoms. The number of rotatable bonds is 1. The maximum atomic E-state index is 5.51. The van der Waals surface area contributed by atoms with E-state index in [1.54, 1.807) is 6.69 Å². The van der Waals surface area contributed by atoms with Gasteiger partial charge in [0, 0.05) is 5.72 Å². The lowest BCUT2D eigenvalue weighted by molar-refractivity contribution is -0.652. The second kappa shape index (κ2) is 2.44. The fourth-order valence-corrected chi connectivity index (χ4v) is 1.06. The molecule has 0 aliphatic heterocycles. The van der Waals surface area contributed by atoms with Gasteiger partial charge in [-0.25, -0.2) is 0 Å². The van der Waals surface area contributed by atoms with Crippen molar-refractivity contribution in [3.8, 4) is 0 Å². The van der Waals surface area contributed by atoms with Crippen molar-refractivity contribution in [3.63, 3.8) is 0 Å². The third-order valence-corrected chi connectivity index (χ3v) is 1.53. The fraction of sp³-hybridized carbons (Fsp3) is 0.400. The summed E-state index contributed by atoms with van der Waals surface area (Å²) in [4.78, 5) is 0. The van der Waals surface area contributed by atoms with Crippen molar-refractivity contribution in [1.82, 2.24) is 4.57 Å². The van der Waals surface area contributed by atoms with E-state index in [-0.39, 0.29) is 0 Å². The minimum Gasteiger partial charge on any atom is -0.458 e. The lowest BCUT2D eigenvalue weighted by atomic mass is 10.1. The molecule has 2 nitrogen and oxygen atoms in total. The summed E-state index contributed by atoms with van der Waals surface area (Å²) in [5.74, 6) is 0. The van der Waals surface area contributed by atoms with Crippen LogP contribution in [-0.4, -0.2) is 11.3 Å². The number of hydrogen-bond donors (Lipinski definition) is 0. The van der Waals surface area contributed by atoms with E-state index < -0.39 is 0 Å². The average molecular weight is 142 g/mol. The number of nitrogens with zero attached hydrogens (tertiary/aromatic N) is 2. The van der Waals surface area contributed by atoms with Crippen LogP contribution in [0, 0.1) is 0 Å². The second-order valence-electron chi connectivity index (χ2n) is 1.99. The van der Waals surface area contributed by atoms with Crippen molar-refractivity contribution in [3.05, 3.63) is 12.4 Å². The van der Waals surface area contributed by atoms with E-state index in [1.165, 1.54) is 0 Å². The van der Waals surface area contributed by atoms with E-state index >= 15 is 0 Å². The molecular formula is C5H8BClN2. The highest BCUT2D eigenvalue weighted by Crippen LogP contribution is 1.74. The number of aromatic nitrogens is 2. The predicted octanol–water partition coefficient (Wildman–Crippen LogP) is -0.667. The number of halogens is 1. The van der Waals surface area contributed by atoms with E-state index in [1.807, 2.05) is 35.6 Å². The molecule has 1 heterocycles. The maximum Gasteiger partial charge on any atom is 0.125 e. The molecule has 9 heavy (non-hydrogen) atoms. The highest BCUT2D eigenvalue weighted by Gasteiger charge is 1.95. The number of aryl methyl sites for hydroxylation is 2. The van der Waals surface area contributed by atoms with Gasteiger partial charge in [-0.05, 0) is 0 Å². The molecule has 0 saturated heterocycles. The SMILES string of the molecule is Cn1cc[n+](C)c1[B-]Cl. The standard InChI is InChI=1S/C5H8BClN2/c1-8-3-4-9(2)5(8)6-7/h3-4H,1-2H3. The van der Waals surface area contributed by atoms with Crippen molar-refractivity contribution < 1.29 is 4.57 Å². The Balaban J connectivity index is 3.07. The Kier molecular flexibility index (Phi) is 1.81. The molecule has 0 N–H and O–H groups in total. The van der Waals surface area contributed by atoms with Crippen LogP contribution in [0.4, 0.5) is 0 Å². The van der Waals surface area contributed by atoms with Gasteiger partial charge in [0.15, 0.2) is 0 Å². The summed E-state index contributed by atoms with van der Waals surface area (Å²) in [5.41, 5.74) is 0.997. The third-order valence-electron chi connectivity index (χ3n) is 1.33. The van der Waals surface area contributed by atoms with Crippen LogP contribution in [0.5, 0.6) is 0 Å². The molecule has 0 atom stereocenters. The zero-order chi connectivity index (χ0) is 6.85. The quantitative estimate of drug-likeness (QED) is 0.363. The second-order valence-corrected chi connectivity index (χ2v) is 2.21. The summed E-state index contributed by atoms with van der Waals surface area (Å²) in [6.07, 6.45) is 3.91.